The number of carbonyl (C=O) groups is 1. The predicted octanol–water partition coefficient (Wildman–Crippen LogP) is 0.729. The quantitative estimate of drug-likeness (QED) is 0.656. The van der Waals surface area contributed by atoms with Gasteiger partial charge in [-0.25, -0.2) is 4.68 Å². The van der Waals surface area contributed by atoms with Crippen molar-refractivity contribution in [2.45, 2.75) is 26.3 Å². The molecule has 0 aliphatic carbocycles. The highest BCUT2D eigenvalue weighted by Crippen LogP contribution is 2.21. The Morgan fingerprint density at radius 1 is 1.28 bits per heavy atom. The van der Waals surface area contributed by atoms with E-state index in [2.05, 4.69) is 27.3 Å². The van der Waals surface area contributed by atoms with Crippen LogP contribution in [-0.4, -0.2) is 76.2 Å². The van der Waals surface area contributed by atoms with Crippen molar-refractivity contribution in [3.05, 3.63) is 34.6 Å². The van der Waals surface area contributed by atoms with E-state index in [0.29, 0.717) is 29.9 Å². The van der Waals surface area contributed by atoms with Crippen molar-refractivity contribution in [2.24, 2.45) is 0 Å². The molecule has 0 aromatic carbocycles. The van der Waals surface area contributed by atoms with Gasteiger partial charge >= 0.3 is 0 Å². The molecule has 0 radical (unpaired) electrons. The number of hydrogen-bond donors (Lipinski definition) is 1. The van der Waals surface area contributed by atoms with Crippen LogP contribution >= 0.6 is 0 Å². The molecule has 29 heavy (non-hydrogen) atoms. The smallest absolute Gasteiger partial charge is 0.291 e. The molecule has 0 saturated carbocycles. The number of piperazine rings is 1. The molecule has 9 heteroatoms. The summed E-state index contributed by atoms with van der Waals surface area (Å²) in [5.74, 6) is 0.517. The number of aryl methyl sites for hydroxylation is 1. The van der Waals surface area contributed by atoms with E-state index >= 15 is 0 Å². The monoisotopic (exact) mass is 400 g/mol. The van der Waals surface area contributed by atoms with Crippen LogP contribution in [0.25, 0.3) is 16.6 Å². The third-order valence-corrected chi connectivity index (χ3v) is 5.72. The Labute approximate surface area is 168 Å². The number of rotatable bonds is 6. The summed E-state index contributed by atoms with van der Waals surface area (Å²) in [7, 11) is 2.12. The molecule has 1 fully saturated rings. The predicted molar refractivity (Wildman–Crippen MR) is 110 cm³/mol. The highest BCUT2D eigenvalue weighted by molar-refractivity contribution is 5.83. The summed E-state index contributed by atoms with van der Waals surface area (Å²) in [4.78, 5) is 30.3. The van der Waals surface area contributed by atoms with Gasteiger partial charge in [0.1, 0.15) is 17.4 Å². The van der Waals surface area contributed by atoms with Crippen molar-refractivity contribution in [1.82, 2.24) is 29.3 Å². The molecule has 4 rings (SSSR count). The molecule has 4 heterocycles. The van der Waals surface area contributed by atoms with Crippen LogP contribution in [0.2, 0.25) is 0 Å². The van der Waals surface area contributed by atoms with E-state index in [9.17, 15) is 9.59 Å². The van der Waals surface area contributed by atoms with E-state index in [1.54, 1.807) is 19.3 Å². The Bertz CT molecular complexity index is 1070. The Balaban J connectivity index is 1.50. The highest BCUT2D eigenvalue weighted by atomic mass is 16.3. The van der Waals surface area contributed by atoms with Gasteiger partial charge in [-0.3, -0.25) is 18.9 Å². The molecule has 0 spiro atoms. The molecule has 156 valence electrons. The fraction of sp³-hybridized carbons (Fsp3) is 0.550. The fourth-order valence-corrected chi connectivity index (χ4v) is 3.85. The number of aromatic nitrogens is 3. The molecule has 1 atom stereocenters. The first-order chi connectivity index (χ1) is 14.0. The number of furan rings is 1. The average Bonchev–Trinajstić information content (AvgIpc) is 3.31. The minimum Gasteiger partial charge on any atom is -0.463 e. The van der Waals surface area contributed by atoms with Crippen LogP contribution in [0.15, 0.2) is 27.6 Å². The van der Waals surface area contributed by atoms with Gasteiger partial charge in [-0.05, 0) is 14.0 Å². The van der Waals surface area contributed by atoms with Crippen LogP contribution in [0.1, 0.15) is 25.7 Å². The molecule has 1 amide bonds. The van der Waals surface area contributed by atoms with Gasteiger partial charge in [-0.1, -0.05) is 6.92 Å². The lowest BCUT2D eigenvalue weighted by molar-refractivity contribution is -0.124. The molecule has 1 N–H and O–H groups in total. The van der Waals surface area contributed by atoms with E-state index in [1.807, 2.05) is 17.4 Å². The molecule has 3 aromatic rings. The number of amides is 1. The van der Waals surface area contributed by atoms with Crippen LogP contribution in [0.5, 0.6) is 0 Å². The fourth-order valence-electron chi connectivity index (χ4n) is 3.85. The number of nitrogens with one attached hydrogen (secondary N) is 1. The zero-order valence-electron chi connectivity index (χ0n) is 17.2. The van der Waals surface area contributed by atoms with Gasteiger partial charge in [0, 0.05) is 57.8 Å². The van der Waals surface area contributed by atoms with Crippen LogP contribution in [-0.2, 0) is 11.2 Å². The molecule has 3 aromatic heterocycles. The van der Waals surface area contributed by atoms with Gasteiger partial charge in [0.05, 0.1) is 11.8 Å². The lowest BCUT2D eigenvalue weighted by atomic mass is 10.3. The molecular weight excluding hydrogens is 372 g/mol. The lowest BCUT2D eigenvalue weighted by Gasteiger charge is -2.32. The maximum atomic E-state index is 13.0. The summed E-state index contributed by atoms with van der Waals surface area (Å²) in [6, 6.07) is 2.85. The highest BCUT2D eigenvalue weighted by Gasteiger charge is 2.22. The number of carbonyl (C=O) groups excluding carboxylic acids is 1. The van der Waals surface area contributed by atoms with Crippen LogP contribution in [0, 0.1) is 0 Å². The third-order valence-electron chi connectivity index (χ3n) is 5.72. The van der Waals surface area contributed by atoms with Gasteiger partial charge in [0.25, 0.3) is 5.56 Å². The van der Waals surface area contributed by atoms with E-state index < -0.39 is 6.04 Å². The van der Waals surface area contributed by atoms with Gasteiger partial charge < -0.3 is 14.6 Å². The van der Waals surface area contributed by atoms with E-state index in [1.165, 1.54) is 4.68 Å². The van der Waals surface area contributed by atoms with Crippen molar-refractivity contribution in [3.63, 3.8) is 0 Å². The second kappa shape index (κ2) is 8.00. The Morgan fingerprint density at radius 2 is 2.03 bits per heavy atom. The summed E-state index contributed by atoms with van der Waals surface area (Å²) in [5, 5.41) is 7.45. The minimum atomic E-state index is -0.688. The minimum absolute atomic E-state index is 0.199. The maximum Gasteiger partial charge on any atom is 0.291 e. The van der Waals surface area contributed by atoms with Crippen LogP contribution < -0.4 is 10.9 Å². The molecule has 9 nitrogen and oxygen atoms in total. The van der Waals surface area contributed by atoms with Gasteiger partial charge in [0.2, 0.25) is 5.91 Å². The summed E-state index contributed by atoms with van der Waals surface area (Å²) < 4.78 is 8.54. The first-order valence-corrected chi connectivity index (χ1v) is 10.2. The van der Waals surface area contributed by atoms with Crippen molar-refractivity contribution in [1.29, 1.82) is 0 Å². The average molecular weight is 400 g/mol. The van der Waals surface area contributed by atoms with Gasteiger partial charge in [-0.2, -0.15) is 5.10 Å². The Hall–Kier alpha value is -2.65. The standard InChI is InChI=1S/C20H28N6O3/c1-4-18-22-26(20(28)16-13-17-15(25(16)18)5-12-29-17)14(2)19(27)21-6-7-24-10-8-23(3)9-11-24/h5,12-14H,4,6-11H2,1-3H3,(H,21,27)/t14-/m1/s1. The zero-order valence-corrected chi connectivity index (χ0v) is 17.2. The number of nitrogens with zero attached hydrogens (tertiary/aromatic N) is 5. The number of fused-ring (bicyclic) bond motifs is 3. The topological polar surface area (TPSA) is 88.0 Å². The molecule has 0 bridgehead atoms. The summed E-state index contributed by atoms with van der Waals surface area (Å²) in [5.41, 5.74) is 1.64. The maximum absolute atomic E-state index is 13.0. The summed E-state index contributed by atoms with van der Waals surface area (Å²) in [6.07, 6.45) is 2.22. The lowest BCUT2D eigenvalue weighted by Crippen LogP contribution is -2.47. The van der Waals surface area contributed by atoms with E-state index in [4.69, 9.17) is 4.42 Å². The first kappa shape index (κ1) is 19.7. The molecule has 0 unspecified atom stereocenters. The summed E-state index contributed by atoms with van der Waals surface area (Å²) >= 11 is 0. The van der Waals surface area contributed by atoms with E-state index in [-0.39, 0.29) is 11.5 Å². The van der Waals surface area contributed by atoms with Crippen molar-refractivity contribution in [2.75, 3.05) is 46.3 Å². The third kappa shape index (κ3) is 3.67. The van der Waals surface area contributed by atoms with Crippen LogP contribution in [0.4, 0.5) is 0 Å². The molecule has 1 aliphatic rings. The SMILES string of the molecule is CCc1nn([C@H](C)C(=O)NCCN2CCN(C)CC2)c(=O)c2cc3occc3n12. The number of likely N-dealkylation sites (N-methyl/N-ethyl adjacent to an activating group) is 1. The molecule has 1 aliphatic heterocycles. The second-order valence-electron chi connectivity index (χ2n) is 7.67. The number of hydrogen-bond acceptors (Lipinski definition) is 6. The van der Waals surface area contributed by atoms with Crippen LogP contribution in [0.3, 0.4) is 0 Å². The van der Waals surface area contributed by atoms with Crippen molar-refractivity contribution in [3.8, 4) is 0 Å². The molecule has 1 saturated heterocycles. The first-order valence-electron chi connectivity index (χ1n) is 10.2. The normalized spacial score (nSPS) is 17.2. The largest absolute Gasteiger partial charge is 0.463 e. The van der Waals surface area contributed by atoms with E-state index in [0.717, 1.165) is 38.2 Å². The summed E-state index contributed by atoms with van der Waals surface area (Å²) in [6.45, 7) is 9.16. The second-order valence-corrected chi connectivity index (χ2v) is 7.67. The van der Waals surface area contributed by atoms with Gasteiger partial charge in [-0.15, -0.1) is 0 Å². The molecular formula is C20H28N6O3. The van der Waals surface area contributed by atoms with Crippen molar-refractivity contribution >= 4 is 22.5 Å². The Morgan fingerprint density at radius 3 is 2.76 bits per heavy atom. The zero-order chi connectivity index (χ0) is 20.5. The Kier molecular flexibility index (Phi) is 5.42. The van der Waals surface area contributed by atoms with Crippen molar-refractivity contribution < 1.29 is 9.21 Å². The van der Waals surface area contributed by atoms with Gasteiger partial charge in [0.15, 0.2) is 5.58 Å².